The van der Waals surface area contributed by atoms with Gasteiger partial charge in [0, 0.05) is 5.56 Å². The van der Waals surface area contributed by atoms with Gasteiger partial charge in [0.15, 0.2) is 0 Å². The van der Waals surface area contributed by atoms with E-state index in [1.807, 2.05) is 18.2 Å². The SMILES string of the molecule is O=C1N=C(c2ccccc2)NC1=O. The van der Waals surface area contributed by atoms with Crippen LogP contribution in [0.3, 0.4) is 0 Å². The zero-order valence-electron chi connectivity index (χ0n) is 6.65. The summed E-state index contributed by atoms with van der Waals surface area (Å²) in [6.07, 6.45) is 0. The first-order valence-electron chi connectivity index (χ1n) is 3.77. The summed E-state index contributed by atoms with van der Waals surface area (Å²) in [4.78, 5) is 25.1. The van der Waals surface area contributed by atoms with Crippen LogP contribution in [-0.2, 0) is 9.59 Å². The predicted octanol–water partition coefficient (Wildman–Crippen LogP) is 0.0896. The molecule has 4 nitrogen and oxygen atoms in total. The van der Waals surface area contributed by atoms with E-state index in [9.17, 15) is 9.59 Å². The predicted molar refractivity (Wildman–Crippen MR) is 46.1 cm³/mol. The van der Waals surface area contributed by atoms with E-state index in [1.165, 1.54) is 0 Å². The molecule has 13 heavy (non-hydrogen) atoms. The minimum Gasteiger partial charge on any atom is -0.302 e. The maximum atomic E-state index is 10.8. The van der Waals surface area contributed by atoms with Crippen LogP contribution in [0, 0.1) is 0 Å². The molecule has 0 spiro atoms. The van der Waals surface area contributed by atoms with Gasteiger partial charge in [0.1, 0.15) is 5.84 Å². The molecular formula is C9H6N2O2. The average Bonchev–Trinajstić information content (AvgIpc) is 2.49. The summed E-state index contributed by atoms with van der Waals surface area (Å²) in [6.45, 7) is 0. The summed E-state index contributed by atoms with van der Waals surface area (Å²) >= 11 is 0. The van der Waals surface area contributed by atoms with E-state index < -0.39 is 11.8 Å². The second-order valence-electron chi connectivity index (χ2n) is 2.59. The van der Waals surface area contributed by atoms with E-state index in [-0.39, 0.29) is 0 Å². The Kier molecular flexibility index (Phi) is 1.66. The summed E-state index contributed by atoms with van der Waals surface area (Å²) in [7, 11) is 0. The van der Waals surface area contributed by atoms with Crippen molar-refractivity contribution in [3.05, 3.63) is 35.9 Å². The molecule has 0 fully saturated rings. The van der Waals surface area contributed by atoms with Crippen molar-refractivity contribution in [2.45, 2.75) is 0 Å². The lowest BCUT2D eigenvalue weighted by atomic mass is 10.2. The molecule has 0 unspecified atom stereocenters. The van der Waals surface area contributed by atoms with Gasteiger partial charge in [-0.2, -0.15) is 4.99 Å². The van der Waals surface area contributed by atoms with Gasteiger partial charge in [-0.25, -0.2) is 0 Å². The van der Waals surface area contributed by atoms with Gasteiger partial charge in [-0.3, -0.25) is 9.59 Å². The molecule has 0 bridgehead atoms. The Labute approximate surface area is 74.3 Å². The lowest BCUT2D eigenvalue weighted by Crippen LogP contribution is -2.26. The van der Waals surface area contributed by atoms with Crippen LogP contribution < -0.4 is 5.32 Å². The molecule has 0 radical (unpaired) electrons. The monoisotopic (exact) mass is 174 g/mol. The van der Waals surface area contributed by atoms with E-state index in [4.69, 9.17) is 0 Å². The van der Waals surface area contributed by atoms with Gasteiger partial charge < -0.3 is 5.32 Å². The van der Waals surface area contributed by atoms with Crippen molar-refractivity contribution >= 4 is 17.6 Å². The molecule has 1 aliphatic heterocycles. The van der Waals surface area contributed by atoms with E-state index in [1.54, 1.807) is 12.1 Å². The summed E-state index contributed by atoms with van der Waals surface area (Å²) < 4.78 is 0. The van der Waals surface area contributed by atoms with Gasteiger partial charge >= 0.3 is 11.8 Å². The second-order valence-corrected chi connectivity index (χ2v) is 2.59. The van der Waals surface area contributed by atoms with Crippen LogP contribution >= 0.6 is 0 Å². The molecule has 0 saturated carbocycles. The van der Waals surface area contributed by atoms with Crippen LogP contribution in [0.5, 0.6) is 0 Å². The Morgan fingerprint density at radius 2 is 1.77 bits per heavy atom. The van der Waals surface area contributed by atoms with Crippen LogP contribution in [0.2, 0.25) is 0 Å². The number of benzene rings is 1. The fourth-order valence-corrected chi connectivity index (χ4v) is 1.07. The van der Waals surface area contributed by atoms with Crippen molar-refractivity contribution in [2.24, 2.45) is 4.99 Å². The first-order valence-corrected chi connectivity index (χ1v) is 3.77. The zero-order valence-corrected chi connectivity index (χ0v) is 6.65. The summed E-state index contributed by atoms with van der Waals surface area (Å²) in [5.74, 6) is -1.08. The summed E-state index contributed by atoms with van der Waals surface area (Å²) in [5, 5.41) is 2.38. The molecule has 1 N–H and O–H groups in total. The largest absolute Gasteiger partial charge is 0.337 e. The number of amides is 2. The number of nitrogens with zero attached hydrogens (tertiary/aromatic N) is 1. The summed E-state index contributed by atoms with van der Waals surface area (Å²) in [5.41, 5.74) is 0.738. The van der Waals surface area contributed by atoms with Gasteiger partial charge in [0.2, 0.25) is 0 Å². The Morgan fingerprint density at radius 1 is 1.08 bits per heavy atom. The molecule has 0 aromatic heterocycles. The van der Waals surface area contributed by atoms with Gasteiger partial charge in [0.25, 0.3) is 0 Å². The topological polar surface area (TPSA) is 58.5 Å². The van der Waals surface area contributed by atoms with Crippen LogP contribution in [-0.4, -0.2) is 17.6 Å². The minimum absolute atomic E-state index is 0.329. The van der Waals surface area contributed by atoms with Gasteiger partial charge in [-0.15, -0.1) is 0 Å². The summed E-state index contributed by atoms with van der Waals surface area (Å²) in [6, 6.07) is 9.03. The van der Waals surface area contributed by atoms with Crippen molar-refractivity contribution in [1.82, 2.24) is 5.32 Å². The first kappa shape index (κ1) is 7.67. The normalized spacial score (nSPS) is 15.5. The molecular weight excluding hydrogens is 168 g/mol. The quantitative estimate of drug-likeness (QED) is 0.613. The van der Waals surface area contributed by atoms with E-state index in [0.717, 1.165) is 5.56 Å². The number of carbonyl (C=O) groups excluding carboxylic acids is 2. The Bertz CT molecular complexity index is 395. The Morgan fingerprint density at radius 3 is 2.31 bits per heavy atom. The molecule has 0 saturated heterocycles. The fraction of sp³-hybridized carbons (Fsp3) is 0. The smallest absolute Gasteiger partial charge is 0.302 e. The van der Waals surface area contributed by atoms with Crippen molar-refractivity contribution in [2.75, 3.05) is 0 Å². The maximum Gasteiger partial charge on any atom is 0.337 e. The van der Waals surface area contributed by atoms with Crippen LogP contribution in [0.4, 0.5) is 0 Å². The third-order valence-electron chi connectivity index (χ3n) is 1.69. The highest BCUT2D eigenvalue weighted by Crippen LogP contribution is 2.03. The molecule has 2 amide bonds. The molecule has 4 heteroatoms. The number of carbonyl (C=O) groups is 2. The molecule has 1 aliphatic rings. The van der Waals surface area contributed by atoms with Crippen molar-refractivity contribution in [3.63, 3.8) is 0 Å². The first-order chi connectivity index (χ1) is 6.27. The maximum absolute atomic E-state index is 10.8. The third kappa shape index (κ3) is 1.33. The van der Waals surface area contributed by atoms with Gasteiger partial charge in [-0.05, 0) is 0 Å². The highest BCUT2D eigenvalue weighted by molar-refractivity contribution is 6.45. The van der Waals surface area contributed by atoms with Crippen LogP contribution in [0.25, 0.3) is 0 Å². The fourth-order valence-electron chi connectivity index (χ4n) is 1.07. The highest BCUT2D eigenvalue weighted by Gasteiger charge is 2.23. The van der Waals surface area contributed by atoms with Crippen LogP contribution in [0.15, 0.2) is 35.3 Å². The number of aliphatic imine (C=N–C) groups is 1. The van der Waals surface area contributed by atoms with E-state index in [0.29, 0.717) is 5.84 Å². The number of hydrogen-bond donors (Lipinski definition) is 1. The van der Waals surface area contributed by atoms with E-state index >= 15 is 0 Å². The van der Waals surface area contributed by atoms with Crippen molar-refractivity contribution in [3.8, 4) is 0 Å². The Hall–Kier alpha value is -1.97. The van der Waals surface area contributed by atoms with Gasteiger partial charge in [-0.1, -0.05) is 30.3 Å². The zero-order chi connectivity index (χ0) is 9.26. The lowest BCUT2D eigenvalue weighted by Gasteiger charge is -1.97. The molecule has 1 aromatic carbocycles. The minimum atomic E-state index is -0.737. The average molecular weight is 174 g/mol. The number of rotatable bonds is 1. The molecule has 0 aliphatic carbocycles. The van der Waals surface area contributed by atoms with Crippen LogP contribution in [0.1, 0.15) is 5.56 Å². The number of hydrogen-bond acceptors (Lipinski definition) is 2. The van der Waals surface area contributed by atoms with E-state index in [2.05, 4.69) is 10.3 Å². The van der Waals surface area contributed by atoms with Crippen molar-refractivity contribution in [1.29, 1.82) is 0 Å². The number of nitrogens with one attached hydrogen (secondary N) is 1. The molecule has 1 heterocycles. The lowest BCUT2D eigenvalue weighted by molar-refractivity contribution is -0.135. The molecule has 64 valence electrons. The van der Waals surface area contributed by atoms with Gasteiger partial charge in [0.05, 0.1) is 0 Å². The second kappa shape index (κ2) is 2.82. The third-order valence-corrected chi connectivity index (χ3v) is 1.69. The molecule has 0 atom stereocenters. The number of amidine groups is 1. The molecule has 1 aromatic rings. The highest BCUT2D eigenvalue weighted by atomic mass is 16.2. The molecule has 2 rings (SSSR count). The standard InChI is InChI=1S/C9H6N2O2/c12-8-9(13)11-7(10-8)6-4-2-1-3-5-6/h1-5H,(H,10,11,12,13). The Balaban J connectivity index is 2.35. The van der Waals surface area contributed by atoms with Crippen molar-refractivity contribution < 1.29 is 9.59 Å².